The normalized spacial score (nSPS) is 9.78. The topological polar surface area (TPSA) is 78.8 Å². The second kappa shape index (κ2) is 5.15. The highest BCUT2D eigenvalue weighted by molar-refractivity contribution is 5.67. The van der Waals surface area contributed by atoms with Crippen LogP contribution in [0.15, 0.2) is 35.1 Å². The highest BCUT2D eigenvalue weighted by Crippen LogP contribution is 2.27. The van der Waals surface area contributed by atoms with Gasteiger partial charge in [0.25, 0.3) is 5.56 Å². The summed E-state index contributed by atoms with van der Waals surface area (Å²) in [5.41, 5.74) is 0.795. The minimum Gasteiger partial charge on any atom is -0.493 e. The number of nitrogens with zero attached hydrogens (tertiary/aromatic N) is 2. The zero-order valence-corrected chi connectivity index (χ0v) is 9.80. The lowest BCUT2D eigenvalue weighted by Crippen LogP contribution is -2.12. The first-order valence-electron chi connectivity index (χ1n) is 5.48. The smallest absolute Gasteiger partial charge is 0.282 e. The predicted molar refractivity (Wildman–Crippen MR) is 66.2 cm³/mol. The number of aromatic nitrogens is 2. The largest absolute Gasteiger partial charge is 0.493 e. The maximum atomic E-state index is 11.3. The van der Waals surface area contributed by atoms with Crippen LogP contribution in [0.4, 0.5) is 0 Å². The van der Waals surface area contributed by atoms with Crippen molar-refractivity contribution in [1.82, 2.24) is 10.2 Å². The summed E-state index contributed by atoms with van der Waals surface area (Å²) >= 11 is 0. The van der Waals surface area contributed by atoms with Gasteiger partial charge < -0.3 is 4.74 Å². The van der Waals surface area contributed by atoms with Crippen LogP contribution in [0.25, 0.3) is 11.3 Å². The van der Waals surface area contributed by atoms with E-state index in [4.69, 9.17) is 10.00 Å². The van der Waals surface area contributed by atoms with E-state index in [1.807, 2.05) is 37.3 Å². The maximum Gasteiger partial charge on any atom is 0.282 e. The van der Waals surface area contributed by atoms with E-state index in [1.165, 1.54) is 6.07 Å². The van der Waals surface area contributed by atoms with Gasteiger partial charge in [0.2, 0.25) is 0 Å². The minimum absolute atomic E-state index is 0.0336. The van der Waals surface area contributed by atoms with Crippen molar-refractivity contribution in [3.8, 4) is 23.1 Å². The van der Waals surface area contributed by atoms with E-state index in [-0.39, 0.29) is 5.56 Å². The van der Waals surface area contributed by atoms with Crippen LogP contribution in [-0.4, -0.2) is 16.8 Å². The first-order valence-corrected chi connectivity index (χ1v) is 5.48. The molecule has 5 nitrogen and oxygen atoms in total. The Morgan fingerprint density at radius 1 is 1.44 bits per heavy atom. The lowest BCUT2D eigenvalue weighted by atomic mass is 10.1. The summed E-state index contributed by atoms with van der Waals surface area (Å²) in [6.07, 6.45) is 0. The van der Waals surface area contributed by atoms with Gasteiger partial charge >= 0.3 is 0 Å². The van der Waals surface area contributed by atoms with E-state index in [2.05, 4.69) is 10.2 Å². The van der Waals surface area contributed by atoms with Crippen LogP contribution in [0.3, 0.4) is 0 Å². The maximum absolute atomic E-state index is 11.3. The number of H-pyrrole nitrogens is 1. The van der Waals surface area contributed by atoms with E-state index in [0.29, 0.717) is 18.1 Å². The Morgan fingerprint density at radius 3 is 2.94 bits per heavy atom. The van der Waals surface area contributed by atoms with Gasteiger partial charge in [0.1, 0.15) is 17.4 Å². The molecule has 18 heavy (non-hydrogen) atoms. The average molecular weight is 241 g/mol. The molecule has 2 aromatic rings. The van der Waals surface area contributed by atoms with E-state index in [9.17, 15) is 4.79 Å². The van der Waals surface area contributed by atoms with Crippen molar-refractivity contribution in [2.75, 3.05) is 6.61 Å². The van der Waals surface area contributed by atoms with Crippen molar-refractivity contribution >= 4 is 0 Å². The summed E-state index contributed by atoms with van der Waals surface area (Å²) in [4.78, 5) is 11.3. The first kappa shape index (κ1) is 11.9. The number of aromatic amines is 1. The van der Waals surface area contributed by atoms with Crippen molar-refractivity contribution < 1.29 is 4.74 Å². The number of ether oxygens (including phenoxy) is 1. The molecule has 0 saturated heterocycles. The molecule has 1 aromatic carbocycles. The summed E-state index contributed by atoms with van der Waals surface area (Å²) in [5.74, 6) is 0.670. The number of nitriles is 1. The molecule has 2 rings (SSSR count). The molecule has 0 unspecified atom stereocenters. The van der Waals surface area contributed by atoms with Crippen LogP contribution in [0, 0.1) is 11.3 Å². The molecule has 1 N–H and O–H groups in total. The van der Waals surface area contributed by atoms with Gasteiger partial charge in [0.15, 0.2) is 0 Å². The van der Waals surface area contributed by atoms with Crippen molar-refractivity contribution in [1.29, 1.82) is 5.26 Å². The number of rotatable bonds is 3. The third-order valence-electron chi connectivity index (χ3n) is 2.39. The Balaban J connectivity index is 2.55. The number of nitrogens with one attached hydrogen (secondary N) is 1. The van der Waals surface area contributed by atoms with Gasteiger partial charge in [-0.05, 0) is 25.1 Å². The number of para-hydroxylation sites is 1. The highest BCUT2D eigenvalue weighted by Gasteiger charge is 2.09. The van der Waals surface area contributed by atoms with Crippen molar-refractivity contribution in [2.45, 2.75) is 6.92 Å². The predicted octanol–water partition coefficient (Wildman–Crippen LogP) is 1.71. The van der Waals surface area contributed by atoms with E-state index >= 15 is 0 Å². The quantitative estimate of drug-likeness (QED) is 0.887. The van der Waals surface area contributed by atoms with Crippen molar-refractivity contribution in [3.05, 3.63) is 46.2 Å². The van der Waals surface area contributed by atoms with Gasteiger partial charge in [0.05, 0.1) is 12.3 Å². The van der Waals surface area contributed by atoms with Gasteiger partial charge in [-0.15, -0.1) is 0 Å². The van der Waals surface area contributed by atoms with Crippen molar-refractivity contribution in [3.63, 3.8) is 0 Å². The van der Waals surface area contributed by atoms with E-state index in [1.54, 1.807) is 0 Å². The zero-order chi connectivity index (χ0) is 13.0. The number of hydrogen-bond donors (Lipinski definition) is 1. The molecule has 0 spiro atoms. The monoisotopic (exact) mass is 241 g/mol. The molecule has 0 aliphatic carbocycles. The molecular formula is C13H11N3O2. The van der Waals surface area contributed by atoms with Crippen LogP contribution in [-0.2, 0) is 0 Å². The van der Waals surface area contributed by atoms with Gasteiger partial charge in [0, 0.05) is 5.56 Å². The second-order valence-corrected chi connectivity index (χ2v) is 3.54. The molecule has 5 heteroatoms. The SMILES string of the molecule is CCOc1ccccc1-c1cc(C#N)c(=O)[nH]n1. The van der Waals surface area contributed by atoms with Crippen LogP contribution < -0.4 is 10.3 Å². The summed E-state index contributed by atoms with van der Waals surface area (Å²) < 4.78 is 5.48. The Labute approximate surface area is 104 Å². The van der Waals surface area contributed by atoms with Crippen LogP contribution in [0.2, 0.25) is 0 Å². The molecular weight excluding hydrogens is 230 g/mol. The summed E-state index contributed by atoms with van der Waals surface area (Å²) in [6, 6.07) is 10.6. The highest BCUT2D eigenvalue weighted by atomic mass is 16.5. The Morgan fingerprint density at radius 2 is 2.22 bits per heavy atom. The summed E-state index contributed by atoms with van der Waals surface area (Å²) in [5, 5.41) is 15.1. The van der Waals surface area contributed by atoms with Crippen LogP contribution in [0.1, 0.15) is 12.5 Å². The van der Waals surface area contributed by atoms with Crippen LogP contribution in [0.5, 0.6) is 5.75 Å². The van der Waals surface area contributed by atoms with Crippen LogP contribution >= 0.6 is 0 Å². The average Bonchev–Trinajstić information content (AvgIpc) is 2.40. The third-order valence-corrected chi connectivity index (χ3v) is 2.39. The molecule has 0 aliphatic rings. The molecule has 0 atom stereocenters. The molecule has 1 aromatic heterocycles. The van der Waals surface area contributed by atoms with E-state index < -0.39 is 5.56 Å². The molecule has 0 amide bonds. The first-order chi connectivity index (χ1) is 8.76. The van der Waals surface area contributed by atoms with Gasteiger partial charge in [-0.25, -0.2) is 5.10 Å². The number of benzene rings is 1. The molecule has 1 heterocycles. The number of hydrogen-bond acceptors (Lipinski definition) is 4. The molecule has 90 valence electrons. The molecule has 0 fully saturated rings. The fraction of sp³-hybridized carbons (Fsp3) is 0.154. The molecule has 0 radical (unpaired) electrons. The Bertz CT molecular complexity index is 656. The Kier molecular flexibility index (Phi) is 3.39. The summed E-state index contributed by atoms with van der Waals surface area (Å²) in [6.45, 7) is 2.42. The molecule has 0 bridgehead atoms. The molecule has 0 aliphatic heterocycles. The van der Waals surface area contributed by atoms with Gasteiger partial charge in [-0.3, -0.25) is 4.79 Å². The Hall–Kier alpha value is -2.61. The summed E-state index contributed by atoms with van der Waals surface area (Å²) in [7, 11) is 0. The fourth-order valence-corrected chi connectivity index (χ4v) is 1.59. The van der Waals surface area contributed by atoms with Crippen molar-refractivity contribution in [2.24, 2.45) is 0 Å². The standard InChI is InChI=1S/C13H11N3O2/c1-2-18-12-6-4-3-5-10(12)11-7-9(8-14)13(17)16-15-11/h3-7H,2H2,1H3,(H,16,17). The van der Waals surface area contributed by atoms with Gasteiger partial charge in [-0.2, -0.15) is 10.4 Å². The lowest BCUT2D eigenvalue weighted by Gasteiger charge is -2.08. The third kappa shape index (κ3) is 2.23. The fourth-order valence-electron chi connectivity index (χ4n) is 1.59. The van der Waals surface area contributed by atoms with E-state index in [0.717, 1.165) is 5.56 Å². The second-order valence-electron chi connectivity index (χ2n) is 3.54. The molecule has 0 saturated carbocycles. The lowest BCUT2D eigenvalue weighted by molar-refractivity contribution is 0.341. The van der Waals surface area contributed by atoms with Gasteiger partial charge in [-0.1, -0.05) is 12.1 Å². The minimum atomic E-state index is -0.491. The zero-order valence-electron chi connectivity index (χ0n) is 9.80.